The van der Waals surface area contributed by atoms with Gasteiger partial charge >= 0.3 is 0 Å². The fourth-order valence-electron chi connectivity index (χ4n) is 3.19. The summed E-state index contributed by atoms with van der Waals surface area (Å²) in [6.45, 7) is 7.20. The molecule has 3 atom stereocenters. The molecule has 0 aromatic heterocycles. The maximum atomic E-state index is 6.13. The van der Waals surface area contributed by atoms with E-state index in [0.717, 1.165) is 31.0 Å². The number of methoxy groups -OCH3 is 1. The maximum absolute atomic E-state index is 6.13. The van der Waals surface area contributed by atoms with Crippen LogP contribution in [-0.4, -0.2) is 43.3 Å². The molecule has 1 fully saturated rings. The van der Waals surface area contributed by atoms with Crippen molar-refractivity contribution in [2.75, 3.05) is 26.7 Å². The van der Waals surface area contributed by atoms with E-state index in [9.17, 15) is 0 Å². The Labute approximate surface area is 133 Å². The number of nitrogens with two attached hydrogens (primary N) is 1. The highest BCUT2D eigenvalue weighted by Gasteiger charge is 2.36. The second kappa shape index (κ2) is 7.10. The van der Waals surface area contributed by atoms with Crippen LogP contribution in [0, 0.1) is 5.92 Å². The molecule has 3 nitrogen and oxygen atoms in total. The van der Waals surface area contributed by atoms with Crippen LogP contribution in [0.2, 0.25) is 5.02 Å². The Bertz CT molecular complexity index is 451. The highest BCUT2D eigenvalue weighted by molar-refractivity contribution is 6.30. The molecule has 2 N–H and O–H groups in total. The van der Waals surface area contributed by atoms with Crippen molar-refractivity contribution in [3.8, 4) is 0 Å². The minimum absolute atomic E-state index is 0.0370. The van der Waals surface area contributed by atoms with E-state index >= 15 is 0 Å². The molecule has 118 valence electrons. The number of nitrogens with zero attached hydrogens (tertiary/aromatic N) is 1. The van der Waals surface area contributed by atoms with Crippen LogP contribution >= 0.6 is 11.6 Å². The van der Waals surface area contributed by atoms with Gasteiger partial charge in [-0.15, -0.1) is 0 Å². The number of piperidine rings is 1. The van der Waals surface area contributed by atoms with Crippen LogP contribution in [-0.2, 0) is 11.2 Å². The molecular formula is C17H27ClN2O. The van der Waals surface area contributed by atoms with Gasteiger partial charge in [-0.2, -0.15) is 0 Å². The summed E-state index contributed by atoms with van der Waals surface area (Å²) in [5.74, 6) is 0.615. The molecule has 3 unspecified atom stereocenters. The van der Waals surface area contributed by atoms with Crippen LogP contribution in [0.15, 0.2) is 24.3 Å². The molecule has 0 bridgehead atoms. The molecule has 0 radical (unpaired) electrons. The SMILES string of the molecule is COC1CN(C(C)(CN)Cc2ccc(Cl)cc2)CCC1C. The fraction of sp³-hybridized carbons (Fsp3) is 0.647. The molecule has 1 aromatic rings. The Morgan fingerprint density at radius 1 is 1.38 bits per heavy atom. The summed E-state index contributed by atoms with van der Waals surface area (Å²) < 4.78 is 5.64. The van der Waals surface area contributed by atoms with Crippen molar-refractivity contribution in [3.63, 3.8) is 0 Å². The van der Waals surface area contributed by atoms with E-state index < -0.39 is 0 Å². The molecule has 0 spiro atoms. The lowest BCUT2D eigenvalue weighted by Gasteiger charge is -2.46. The van der Waals surface area contributed by atoms with E-state index in [0.29, 0.717) is 18.6 Å². The molecule has 0 amide bonds. The molecule has 21 heavy (non-hydrogen) atoms. The first-order valence-corrected chi connectivity index (χ1v) is 8.08. The van der Waals surface area contributed by atoms with Crippen LogP contribution in [0.3, 0.4) is 0 Å². The molecule has 1 aliphatic heterocycles. The predicted molar refractivity (Wildman–Crippen MR) is 88.8 cm³/mol. The number of rotatable bonds is 5. The molecule has 0 aliphatic carbocycles. The van der Waals surface area contributed by atoms with Gasteiger partial charge in [-0.05, 0) is 49.9 Å². The fourth-order valence-corrected chi connectivity index (χ4v) is 3.31. The van der Waals surface area contributed by atoms with Gasteiger partial charge in [0, 0.05) is 30.8 Å². The number of hydrogen-bond donors (Lipinski definition) is 1. The average Bonchev–Trinajstić information content (AvgIpc) is 2.50. The Morgan fingerprint density at radius 3 is 2.62 bits per heavy atom. The van der Waals surface area contributed by atoms with Gasteiger partial charge in [0.05, 0.1) is 6.10 Å². The molecular weight excluding hydrogens is 284 g/mol. The van der Waals surface area contributed by atoms with Crippen LogP contribution < -0.4 is 5.73 Å². The zero-order chi connectivity index (χ0) is 15.5. The number of halogens is 1. The number of benzene rings is 1. The first-order chi connectivity index (χ1) is 9.98. The summed E-state index contributed by atoms with van der Waals surface area (Å²) in [6, 6.07) is 8.08. The lowest BCUT2D eigenvalue weighted by Crippen LogP contribution is -2.59. The van der Waals surface area contributed by atoms with Gasteiger partial charge in [0.1, 0.15) is 0 Å². The molecule has 1 aromatic carbocycles. The first-order valence-electron chi connectivity index (χ1n) is 7.71. The Kier molecular flexibility index (Phi) is 5.67. The summed E-state index contributed by atoms with van der Waals surface area (Å²) in [5, 5.41) is 0.777. The van der Waals surface area contributed by atoms with Crippen molar-refractivity contribution < 1.29 is 4.74 Å². The van der Waals surface area contributed by atoms with Crippen LogP contribution in [0.1, 0.15) is 25.8 Å². The van der Waals surface area contributed by atoms with Crippen LogP contribution in [0.5, 0.6) is 0 Å². The summed E-state index contributed by atoms with van der Waals surface area (Å²) in [7, 11) is 1.81. The largest absolute Gasteiger partial charge is 0.380 e. The van der Waals surface area contributed by atoms with Crippen molar-refractivity contribution in [1.29, 1.82) is 0 Å². The average molecular weight is 311 g/mol. The quantitative estimate of drug-likeness (QED) is 0.908. The molecule has 1 saturated heterocycles. The third-order valence-corrected chi connectivity index (χ3v) is 5.15. The second-order valence-electron chi connectivity index (χ2n) is 6.49. The van der Waals surface area contributed by atoms with Crippen LogP contribution in [0.4, 0.5) is 0 Å². The van der Waals surface area contributed by atoms with E-state index in [2.05, 4.69) is 30.9 Å². The normalized spacial score (nSPS) is 26.5. The lowest BCUT2D eigenvalue weighted by molar-refractivity contribution is -0.0399. The molecule has 2 rings (SSSR count). The third kappa shape index (κ3) is 3.98. The topological polar surface area (TPSA) is 38.5 Å². The smallest absolute Gasteiger partial charge is 0.0724 e. The monoisotopic (exact) mass is 310 g/mol. The molecule has 1 heterocycles. The Balaban J connectivity index is 2.11. The van der Waals surface area contributed by atoms with Gasteiger partial charge in [-0.3, -0.25) is 4.90 Å². The summed E-state index contributed by atoms with van der Waals surface area (Å²) in [5.41, 5.74) is 7.37. The second-order valence-corrected chi connectivity index (χ2v) is 6.93. The van der Waals surface area contributed by atoms with E-state index in [1.807, 2.05) is 19.2 Å². The predicted octanol–water partition coefficient (Wildman–Crippen LogP) is 2.96. The van der Waals surface area contributed by atoms with E-state index in [4.69, 9.17) is 22.1 Å². The van der Waals surface area contributed by atoms with Crippen molar-refractivity contribution in [2.45, 2.75) is 38.3 Å². The van der Waals surface area contributed by atoms with Gasteiger partial charge in [0.2, 0.25) is 0 Å². The summed E-state index contributed by atoms with van der Waals surface area (Å²) in [6.07, 6.45) is 2.40. The van der Waals surface area contributed by atoms with Gasteiger partial charge in [0.15, 0.2) is 0 Å². The summed E-state index contributed by atoms with van der Waals surface area (Å²) >= 11 is 5.97. The van der Waals surface area contributed by atoms with Crippen molar-refractivity contribution in [2.24, 2.45) is 11.7 Å². The van der Waals surface area contributed by atoms with Gasteiger partial charge < -0.3 is 10.5 Å². The van der Waals surface area contributed by atoms with Crippen molar-refractivity contribution in [1.82, 2.24) is 4.90 Å². The van der Waals surface area contributed by atoms with E-state index in [1.54, 1.807) is 0 Å². The number of hydrogen-bond acceptors (Lipinski definition) is 3. The maximum Gasteiger partial charge on any atom is 0.0724 e. The van der Waals surface area contributed by atoms with Crippen molar-refractivity contribution >= 4 is 11.6 Å². The summed E-state index contributed by atoms with van der Waals surface area (Å²) in [4.78, 5) is 2.50. The van der Waals surface area contributed by atoms with E-state index in [1.165, 1.54) is 5.56 Å². The molecule has 1 aliphatic rings. The standard InChI is InChI=1S/C17H27ClN2O/c1-13-8-9-20(11-16(13)21-3)17(2,12-19)10-14-4-6-15(18)7-5-14/h4-7,13,16H,8-12,19H2,1-3H3. The number of likely N-dealkylation sites (tertiary alicyclic amines) is 1. The highest BCUT2D eigenvalue weighted by atomic mass is 35.5. The van der Waals surface area contributed by atoms with E-state index in [-0.39, 0.29) is 5.54 Å². The van der Waals surface area contributed by atoms with Gasteiger partial charge in [0.25, 0.3) is 0 Å². The minimum Gasteiger partial charge on any atom is -0.380 e. The number of ether oxygens (including phenoxy) is 1. The third-order valence-electron chi connectivity index (χ3n) is 4.89. The first kappa shape index (κ1) is 16.8. The minimum atomic E-state index is -0.0370. The van der Waals surface area contributed by atoms with Gasteiger partial charge in [-0.25, -0.2) is 0 Å². The highest BCUT2D eigenvalue weighted by Crippen LogP contribution is 2.28. The molecule has 0 saturated carbocycles. The van der Waals surface area contributed by atoms with Crippen LogP contribution in [0.25, 0.3) is 0 Å². The van der Waals surface area contributed by atoms with Gasteiger partial charge in [-0.1, -0.05) is 30.7 Å². The Hall–Kier alpha value is -0.610. The zero-order valence-corrected chi connectivity index (χ0v) is 14.1. The molecule has 4 heteroatoms. The zero-order valence-electron chi connectivity index (χ0n) is 13.3. The van der Waals surface area contributed by atoms with Crippen molar-refractivity contribution in [3.05, 3.63) is 34.9 Å². The Morgan fingerprint density at radius 2 is 2.05 bits per heavy atom. The lowest BCUT2D eigenvalue weighted by atomic mass is 9.86.